The van der Waals surface area contributed by atoms with E-state index in [4.69, 9.17) is 9.84 Å². The Morgan fingerprint density at radius 3 is 2.88 bits per heavy atom. The third-order valence-corrected chi connectivity index (χ3v) is 2.72. The summed E-state index contributed by atoms with van der Waals surface area (Å²) in [6.07, 6.45) is 1.84. The highest BCUT2D eigenvalue weighted by Crippen LogP contribution is 2.18. The highest BCUT2D eigenvalue weighted by atomic mass is 16.5. The summed E-state index contributed by atoms with van der Waals surface area (Å²) in [7, 11) is 1.70. The van der Waals surface area contributed by atoms with Gasteiger partial charge in [-0.15, -0.1) is 0 Å². The molecule has 1 aromatic carbocycles. The van der Waals surface area contributed by atoms with E-state index in [0.29, 0.717) is 6.61 Å². The number of hydrogen-bond acceptors (Lipinski definition) is 3. The molecule has 0 spiro atoms. The first kappa shape index (κ1) is 14.2. The van der Waals surface area contributed by atoms with Gasteiger partial charge in [0.1, 0.15) is 0 Å². The predicted octanol–water partition coefficient (Wildman–Crippen LogP) is 2.26. The van der Waals surface area contributed by atoms with Gasteiger partial charge < -0.3 is 15.2 Å². The maximum absolute atomic E-state index is 9.11. The van der Waals surface area contributed by atoms with E-state index in [1.165, 1.54) is 11.1 Å². The molecule has 1 aromatic rings. The molecule has 3 nitrogen and oxygen atoms in total. The van der Waals surface area contributed by atoms with E-state index < -0.39 is 0 Å². The molecule has 0 aliphatic rings. The first-order chi connectivity index (χ1) is 8.31. The maximum Gasteiger partial charge on any atom is 0.0713 e. The van der Waals surface area contributed by atoms with Crippen LogP contribution in [0, 0.1) is 0 Å². The summed E-state index contributed by atoms with van der Waals surface area (Å²) in [5, 5.41) is 12.6. The van der Waals surface area contributed by atoms with Crippen LogP contribution < -0.4 is 5.32 Å². The van der Waals surface area contributed by atoms with Crippen LogP contribution in [0.25, 0.3) is 0 Å². The van der Waals surface area contributed by atoms with E-state index >= 15 is 0 Å². The van der Waals surface area contributed by atoms with Crippen LogP contribution in [0.3, 0.4) is 0 Å². The number of aliphatic hydroxyl groups excluding tert-OH is 1. The second-order valence-electron chi connectivity index (χ2n) is 4.20. The minimum Gasteiger partial charge on any atom is -0.396 e. The lowest BCUT2D eigenvalue weighted by Crippen LogP contribution is -2.23. The van der Waals surface area contributed by atoms with Crippen LogP contribution in [-0.4, -0.2) is 25.4 Å². The first-order valence-corrected chi connectivity index (χ1v) is 6.23. The van der Waals surface area contributed by atoms with E-state index in [1.807, 2.05) is 6.07 Å². The van der Waals surface area contributed by atoms with Gasteiger partial charge in [0, 0.05) is 19.8 Å². The fraction of sp³-hybridized carbons (Fsp3) is 0.571. The van der Waals surface area contributed by atoms with E-state index in [2.05, 4.69) is 30.4 Å². The van der Waals surface area contributed by atoms with Crippen LogP contribution >= 0.6 is 0 Å². The van der Waals surface area contributed by atoms with Gasteiger partial charge in [-0.1, -0.05) is 31.2 Å². The van der Waals surface area contributed by atoms with Crippen molar-refractivity contribution < 1.29 is 9.84 Å². The van der Waals surface area contributed by atoms with Crippen LogP contribution in [0.5, 0.6) is 0 Å². The summed E-state index contributed by atoms with van der Waals surface area (Å²) in [6, 6.07) is 8.58. The van der Waals surface area contributed by atoms with Crippen molar-refractivity contribution in [2.75, 3.05) is 20.3 Å². The zero-order valence-corrected chi connectivity index (χ0v) is 10.8. The largest absolute Gasteiger partial charge is 0.396 e. The predicted molar refractivity (Wildman–Crippen MR) is 69.9 cm³/mol. The quantitative estimate of drug-likeness (QED) is 0.728. The highest BCUT2D eigenvalue weighted by Gasteiger charge is 2.10. The van der Waals surface area contributed by atoms with E-state index in [0.717, 1.165) is 19.4 Å². The van der Waals surface area contributed by atoms with Crippen LogP contribution in [0.1, 0.15) is 36.9 Å². The van der Waals surface area contributed by atoms with Crippen molar-refractivity contribution >= 4 is 0 Å². The van der Waals surface area contributed by atoms with Gasteiger partial charge in [0.25, 0.3) is 0 Å². The number of hydrogen-bond donors (Lipinski definition) is 2. The molecule has 0 bridgehead atoms. The van der Waals surface area contributed by atoms with E-state index in [-0.39, 0.29) is 12.6 Å². The second kappa shape index (κ2) is 8.23. The smallest absolute Gasteiger partial charge is 0.0713 e. The van der Waals surface area contributed by atoms with Gasteiger partial charge in [-0.3, -0.25) is 0 Å². The van der Waals surface area contributed by atoms with Crippen molar-refractivity contribution in [3.63, 3.8) is 0 Å². The lowest BCUT2D eigenvalue weighted by molar-refractivity contribution is 0.184. The molecular formula is C14H23NO2. The van der Waals surface area contributed by atoms with E-state index in [1.54, 1.807) is 7.11 Å². The van der Waals surface area contributed by atoms with Crippen molar-refractivity contribution in [2.45, 2.75) is 32.4 Å². The molecule has 1 atom stereocenters. The standard InChI is InChI=1S/C14H23NO2/c1-3-8-15-14(7-9-16)13-6-4-5-12(10-13)11-17-2/h4-6,10,14-16H,3,7-9,11H2,1-2H3. The zero-order valence-electron chi connectivity index (χ0n) is 10.8. The highest BCUT2D eigenvalue weighted by molar-refractivity contribution is 5.25. The lowest BCUT2D eigenvalue weighted by Gasteiger charge is -2.18. The molecule has 0 aliphatic heterocycles. The summed E-state index contributed by atoms with van der Waals surface area (Å²) in [5.41, 5.74) is 2.40. The van der Waals surface area contributed by atoms with Crippen molar-refractivity contribution in [3.05, 3.63) is 35.4 Å². The number of rotatable bonds is 8. The molecule has 1 rings (SSSR count). The number of nitrogens with one attached hydrogen (secondary N) is 1. The Labute approximate surface area is 104 Å². The molecule has 1 unspecified atom stereocenters. The summed E-state index contributed by atoms with van der Waals surface area (Å²) < 4.78 is 5.13. The monoisotopic (exact) mass is 237 g/mol. The number of ether oxygens (including phenoxy) is 1. The Bertz CT molecular complexity index is 315. The zero-order chi connectivity index (χ0) is 12.5. The van der Waals surface area contributed by atoms with Crippen molar-refractivity contribution in [1.82, 2.24) is 5.32 Å². The average molecular weight is 237 g/mol. The molecule has 2 N–H and O–H groups in total. The van der Waals surface area contributed by atoms with Crippen molar-refractivity contribution in [2.24, 2.45) is 0 Å². The maximum atomic E-state index is 9.11. The third-order valence-electron chi connectivity index (χ3n) is 2.72. The van der Waals surface area contributed by atoms with E-state index in [9.17, 15) is 0 Å². The molecule has 0 heterocycles. The second-order valence-corrected chi connectivity index (χ2v) is 4.20. The van der Waals surface area contributed by atoms with Crippen LogP contribution in [-0.2, 0) is 11.3 Å². The third kappa shape index (κ3) is 4.86. The van der Waals surface area contributed by atoms with Crippen molar-refractivity contribution in [1.29, 1.82) is 0 Å². The molecule has 3 heteroatoms. The number of benzene rings is 1. The first-order valence-electron chi connectivity index (χ1n) is 6.23. The minimum absolute atomic E-state index is 0.204. The average Bonchev–Trinajstić information content (AvgIpc) is 2.35. The minimum atomic E-state index is 0.204. The number of methoxy groups -OCH3 is 1. The van der Waals surface area contributed by atoms with Gasteiger partial charge in [-0.25, -0.2) is 0 Å². The molecule has 0 amide bonds. The molecular weight excluding hydrogens is 214 g/mol. The van der Waals surface area contributed by atoms with Crippen LogP contribution in [0.15, 0.2) is 24.3 Å². The molecule has 0 fully saturated rings. The van der Waals surface area contributed by atoms with Crippen molar-refractivity contribution in [3.8, 4) is 0 Å². The lowest BCUT2D eigenvalue weighted by atomic mass is 10.0. The molecule has 0 saturated carbocycles. The molecule has 0 radical (unpaired) electrons. The van der Waals surface area contributed by atoms with Gasteiger partial charge in [-0.2, -0.15) is 0 Å². The van der Waals surface area contributed by atoms with Gasteiger partial charge in [0.05, 0.1) is 6.61 Å². The molecule has 96 valence electrons. The Morgan fingerprint density at radius 1 is 1.41 bits per heavy atom. The Kier molecular flexibility index (Phi) is 6.86. The Hall–Kier alpha value is -0.900. The SMILES string of the molecule is CCCNC(CCO)c1cccc(COC)c1. The fourth-order valence-electron chi connectivity index (χ4n) is 1.90. The number of aliphatic hydroxyl groups is 1. The van der Waals surface area contributed by atoms with Crippen LogP contribution in [0.2, 0.25) is 0 Å². The summed E-state index contributed by atoms with van der Waals surface area (Å²) in [4.78, 5) is 0. The molecule has 17 heavy (non-hydrogen) atoms. The molecule has 0 saturated heterocycles. The fourth-order valence-corrected chi connectivity index (χ4v) is 1.90. The van der Waals surface area contributed by atoms with Gasteiger partial charge in [-0.05, 0) is 30.5 Å². The molecule has 0 aliphatic carbocycles. The van der Waals surface area contributed by atoms with Crippen LogP contribution in [0.4, 0.5) is 0 Å². The van der Waals surface area contributed by atoms with Gasteiger partial charge in [0.2, 0.25) is 0 Å². The summed E-state index contributed by atoms with van der Waals surface area (Å²) >= 11 is 0. The Balaban J connectivity index is 2.73. The summed E-state index contributed by atoms with van der Waals surface area (Å²) in [5.74, 6) is 0. The van der Waals surface area contributed by atoms with Gasteiger partial charge >= 0.3 is 0 Å². The summed E-state index contributed by atoms with van der Waals surface area (Å²) in [6.45, 7) is 3.95. The molecule has 0 aromatic heterocycles. The Morgan fingerprint density at radius 2 is 2.24 bits per heavy atom. The topological polar surface area (TPSA) is 41.5 Å². The normalized spacial score (nSPS) is 12.6. The van der Waals surface area contributed by atoms with Gasteiger partial charge in [0.15, 0.2) is 0 Å².